The van der Waals surface area contributed by atoms with Crippen LogP contribution >= 0.6 is 0 Å². The van der Waals surface area contributed by atoms with E-state index in [1.807, 2.05) is 12.1 Å². The summed E-state index contributed by atoms with van der Waals surface area (Å²) in [5, 5.41) is 14.4. The van der Waals surface area contributed by atoms with E-state index in [1.54, 1.807) is 12.1 Å². The van der Waals surface area contributed by atoms with E-state index in [4.69, 9.17) is 0 Å². The highest BCUT2D eigenvalue weighted by Crippen LogP contribution is 2.33. The van der Waals surface area contributed by atoms with Crippen molar-refractivity contribution in [1.82, 2.24) is 10.2 Å². The molecule has 0 bridgehead atoms. The summed E-state index contributed by atoms with van der Waals surface area (Å²) in [5.74, 6) is 0.753. The van der Waals surface area contributed by atoms with Gasteiger partial charge in [0.05, 0.1) is 11.1 Å². The van der Waals surface area contributed by atoms with E-state index < -0.39 is 0 Å². The predicted octanol–water partition coefficient (Wildman–Crippen LogP) is 2.69. The molecule has 20 heavy (non-hydrogen) atoms. The second-order valence-electron chi connectivity index (χ2n) is 6.01. The third kappa shape index (κ3) is 2.55. The highest BCUT2D eigenvalue weighted by atomic mass is 16.6. The van der Waals surface area contributed by atoms with Gasteiger partial charge in [-0.3, -0.25) is 20.3 Å². The first-order valence-corrected chi connectivity index (χ1v) is 7.36. The number of hydrogen-bond acceptors (Lipinski definition) is 4. The van der Waals surface area contributed by atoms with E-state index in [-0.39, 0.29) is 16.8 Å². The number of benzene rings is 1. The number of fused-ring (bicyclic) bond motifs is 1. The average Bonchev–Trinajstić information content (AvgIpc) is 2.46. The number of nitro groups is 1. The highest BCUT2D eigenvalue weighted by molar-refractivity contribution is 5.34. The third-order valence-corrected chi connectivity index (χ3v) is 4.66. The van der Waals surface area contributed by atoms with Crippen molar-refractivity contribution < 1.29 is 4.92 Å². The molecule has 2 aliphatic rings. The SMILES string of the molecule is CN1C[C@@H]2CCCC[C@H]2N[C@@H]1c1ccc([N+](=O)[O-])cc1. The molecule has 1 aromatic rings. The van der Waals surface area contributed by atoms with E-state index in [2.05, 4.69) is 17.3 Å². The van der Waals surface area contributed by atoms with Crippen molar-refractivity contribution in [1.29, 1.82) is 0 Å². The number of nitrogens with zero attached hydrogens (tertiary/aromatic N) is 2. The van der Waals surface area contributed by atoms with Gasteiger partial charge in [0.2, 0.25) is 0 Å². The van der Waals surface area contributed by atoms with Crippen LogP contribution in [-0.2, 0) is 0 Å². The third-order valence-electron chi connectivity index (χ3n) is 4.66. The molecule has 1 N–H and O–H groups in total. The maximum absolute atomic E-state index is 10.7. The van der Waals surface area contributed by atoms with Gasteiger partial charge in [-0.2, -0.15) is 0 Å². The highest BCUT2D eigenvalue weighted by Gasteiger charge is 2.35. The minimum absolute atomic E-state index is 0.155. The summed E-state index contributed by atoms with van der Waals surface area (Å²) in [6.07, 6.45) is 5.40. The molecule has 0 aromatic heterocycles. The van der Waals surface area contributed by atoms with Crippen LogP contribution in [0.15, 0.2) is 24.3 Å². The summed E-state index contributed by atoms with van der Waals surface area (Å²) < 4.78 is 0. The van der Waals surface area contributed by atoms with Gasteiger partial charge in [0, 0.05) is 24.7 Å². The van der Waals surface area contributed by atoms with Crippen LogP contribution in [0.2, 0.25) is 0 Å². The predicted molar refractivity (Wildman–Crippen MR) is 77.3 cm³/mol. The second-order valence-corrected chi connectivity index (χ2v) is 6.01. The van der Waals surface area contributed by atoms with Gasteiger partial charge >= 0.3 is 0 Å². The van der Waals surface area contributed by atoms with Crippen LogP contribution in [0, 0.1) is 16.0 Å². The Bertz CT molecular complexity index is 488. The first-order chi connectivity index (χ1) is 9.65. The fraction of sp³-hybridized carbons (Fsp3) is 0.600. The molecular weight excluding hydrogens is 254 g/mol. The quantitative estimate of drug-likeness (QED) is 0.666. The van der Waals surface area contributed by atoms with Gasteiger partial charge in [0.1, 0.15) is 0 Å². The Labute approximate surface area is 119 Å². The maximum Gasteiger partial charge on any atom is 0.269 e. The molecule has 0 amide bonds. The Morgan fingerprint density at radius 3 is 2.65 bits per heavy atom. The maximum atomic E-state index is 10.7. The standard InChI is InChI=1S/C15H21N3O2/c1-17-10-12-4-2-3-5-14(12)16-15(17)11-6-8-13(9-7-11)18(19)20/h6-9,12,14-16H,2-5,10H2,1H3/t12-,14+,15-/m0/s1. The fourth-order valence-electron chi connectivity index (χ4n) is 3.58. The zero-order valence-corrected chi connectivity index (χ0v) is 11.8. The van der Waals surface area contributed by atoms with E-state index in [0.29, 0.717) is 6.04 Å². The molecule has 1 heterocycles. The van der Waals surface area contributed by atoms with Crippen LogP contribution in [0.1, 0.15) is 37.4 Å². The summed E-state index contributed by atoms with van der Waals surface area (Å²) in [6.45, 7) is 1.11. The van der Waals surface area contributed by atoms with E-state index in [0.717, 1.165) is 18.0 Å². The lowest BCUT2D eigenvalue weighted by Crippen LogP contribution is -2.54. The van der Waals surface area contributed by atoms with Crippen molar-refractivity contribution in [2.24, 2.45) is 5.92 Å². The zero-order chi connectivity index (χ0) is 14.1. The van der Waals surface area contributed by atoms with Crippen LogP contribution < -0.4 is 5.32 Å². The van der Waals surface area contributed by atoms with Crippen molar-refractivity contribution in [3.63, 3.8) is 0 Å². The molecule has 2 fully saturated rings. The topological polar surface area (TPSA) is 58.4 Å². The molecule has 1 aliphatic heterocycles. The van der Waals surface area contributed by atoms with Crippen molar-refractivity contribution in [3.05, 3.63) is 39.9 Å². The van der Waals surface area contributed by atoms with Crippen LogP contribution in [0.25, 0.3) is 0 Å². The molecule has 0 radical (unpaired) electrons. The number of rotatable bonds is 2. The Kier molecular flexibility index (Phi) is 3.72. The van der Waals surface area contributed by atoms with Gasteiger partial charge in [-0.25, -0.2) is 0 Å². The molecule has 1 aliphatic carbocycles. The fourth-order valence-corrected chi connectivity index (χ4v) is 3.58. The summed E-state index contributed by atoms with van der Waals surface area (Å²) in [6, 6.07) is 7.53. The zero-order valence-electron chi connectivity index (χ0n) is 11.8. The first kappa shape index (κ1) is 13.5. The molecule has 5 heteroatoms. The Morgan fingerprint density at radius 2 is 1.95 bits per heavy atom. The molecule has 108 valence electrons. The number of nitrogens with one attached hydrogen (secondary N) is 1. The van der Waals surface area contributed by atoms with Crippen molar-refractivity contribution >= 4 is 5.69 Å². The van der Waals surface area contributed by atoms with Gasteiger partial charge < -0.3 is 0 Å². The molecule has 1 saturated carbocycles. The molecule has 3 atom stereocenters. The average molecular weight is 275 g/mol. The first-order valence-electron chi connectivity index (χ1n) is 7.36. The monoisotopic (exact) mass is 275 g/mol. The molecule has 3 rings (SSSR count). The normalized spacial score (nSPS) is 30.8. The van der Waals surface area contributed by atoms with E-state index >= 15 is 0 Å². The van der Waals surface area contributed by atoms with Crippen LogP contribution in [-0.4, -0.2) is 29.5 Å². The number of nitro benzene ring substituents is 1. The van der Waals surface area contributed by atoms with Crippen LogP contribution in [0.4, 0.5) is 5.69 Å². The van der Waals surface area contributed by atoms with Gasteiger partial charge in [-0.05, 0) is 43.5 Å². The van der Waals surface area contributed by atoms with Gasteiger partial charge in [0.25, 0.3) is 5.69 Å². The Balaban J connectivity index is 1.77. The molecule has 0 unspecified atom stereocenters. The second kappa shape index (κ2) is 5.50. The molecular formula is C15H21N3O2. The lowest BCUT2D eigenvalue weighted by atomic mass is 9.82. The summed E-state index contributed by atoms with van der Waals surface area (Å²) in [7, 11) is 2.13. The van der Waals surface area contributed by atoms with Gasteiger partial charge in [0.15, 0.2) is 0 Å². The van der Waals surface area contributed by atoms with E-state index in [9.17, 15) is 10.1 Å². The lowest BCUT2D eigenvalue weighted by molar-refractivity contribution is -0.384. The van der Waals surface area contributed by atoms with Crippen LogP contribution in [0.3, 0.4) is 0 Å². The van der Waals surface area contributed by atoms with Gasteiger partial charge in [-0.15, -0.1) is 0 Å². The van der Waals surface area contributed by atoms with Crippen LogP contribution in [0.5, 0.6) is 0 Å². The molecule has 5 nitrogen and oxygen atoms in total. The molecule has 0 spiro atoms. The lowest BCUT2D eigenvalue weighted by Gasteiger charge is -2.45. The smallest absolute Gasteiger partial charge is 0.269 e. The minimum Gasteiger partial charge on any atom is -0.295 e. The van der Waals surface area contributed by atoms with Gasteiger partial charge in [-0.1, -0.05) is 12.8 Å². The van der Waals surface area contributed by atoms with E-state index in [1.165, 1.54) is 25.7 Å². The minimum atomic E-state index is -0.348. The number of non-ortho nitro benzene ring substituents is 1. The largest absolute Gasteiger partial charge is 0.295 e. The summed E-state index contributed by atoms with van der Waals surface area (Å²) in [4.78, 5) is 12.7. The number of hydrogen-bond donors (Lipinski definition) is 1. The Hall–Kier alpha value is -1.46. The molecule has 1 saturated heterocycles. The summed E-state index contributed by atoms with van der Waals surface area (Å²) in [5.41, 5.74) is 1.27. The van der Waals surface area contributed by atoms with Crippen molar-refractivity contribution in [2.75, 3.05) is 13.6 Å². The van der Waals surface area contributed by atoms with Crippen molar-refractivity contribution in [3.8, 4) is 0 Å². The molecule has 1 aromatic carbocycles. The van der Waals surface area contributed by atoms with Crippen molar-refractivity contribution in [2.45, 2.75) is 37.9 Å². The summed E-state index contributed by atoms with van der Waals surface area (Å²) >= 11 is 0. The Morgan fingerprint density at radius 1 is 1.25 bits per heavy atom.